The zero-order chi connectivity index (χ0) is 13.4. The third kappa shape index (κ3) is 3.07. The lowest BCUT2D eigenvalue weighted by atomic mass is 9.70. The van der Waals surface area contributed by atoms with E-state index < -0.39 is 22.6 Å². The molecule has 7 heteroatoms. The van der Waals surface area contributed by atoms with Crippen molar-refractivity contribution in [1.82, 2.24) is 0 Å². The molecule has 5 nitrogen and oxygen atoms in total. The van der Waals surface area contributed by atoms with E-state index in [1.165, 1.54) is 18.2 Å². The summed E-state index contributed by atoms with van der Waals surface area (Å²) < 4.78 is 23.0. The van der Waals surface area contributed by atoms with Crippen molar-refractivity contribution in [3.8, 4) is 0 Å². The number of rotatable bonds is 2. The molecule has 1 rings (SSSR count). The Morgan fingerprint density at radius 3 is 2.12 bits per heavy atom. The quantitative estimate of drug-likeness (QED) is 0.610. The average Bonchev–Trinajstić information content (AvgIpc) is 2.13. The first-order valence-corrected chi connectivity index (χ1v) is 6.62. The summed E-state index contributed by atoms with van der Waals surface area (Å²) in [4.78, 5) is -0.0735. The molecule has 0 bridgehead atoms. The second-order valence-electron chi connectivity index (χ2n) is 4.89. The van der Waals surface area contributed by atoms with Crippen molar-refractivity contribution in [1.29, 1.82) is 0 Å². The molecule has 0 fully saturated rings. The molecule has 0 aromatic heterocycles. The van der Waals surface area contributed by atoms with E-state index in [0.29, 0.717) is 5.56 Å². The van der Waals surface area contributed by atoms with Gasteiger partial charge in [-0.05, 0) is 22.5 Å². The van der Waals surface area contributed by atoms with Gasteiger partial charge in [-0.25, -0.2) is 13.6 Å². The third-order valence-corrected chi connectivity index (χ3v) is 3.35. The number of benzene rings is 1. The maximum absolute atomic E-state index is 11.5. The molecule has 0 spiro atoms. The van der Waals surface area contributed by atoms with Gasteiger partial charge in [0.05, 0.1) is 4.90 Å². The van der Waals surface area contributed by atoms with E-state index in [4.69, 9.17) is 5.14 Å². The van der Waals surface area contributed by atoms with Crippen molar-refractivity contribution in [2.24, 2.45) is 5.14 Å². The predicted molar refractivity (Wildman–Crippen MR) is 66.3 cm³/mol. The van der Waals surface area contributed by atoms with Gasteiger partial charge in [0.2, 0.25) is 10.0 Å². The molecule has 4 N–H and O–H groups in total. The van der Waals surface area contributed by atoms with Crippen LogP contribution in [0.3, 0.4) is 0 Å². The maximum Gasteiger partial charge on any atom is 0.488 e. The second kappa shape index (κ2) is 4.42. The summed E-state index contributed by atoms with van der Waals surface area (Å²) in [5, 5.41) is 23.7. The second-order valence-corrected chi connectivity index (χ2v) is 6.42. The van der Waals surface area contributed by atoms with E-state index in [1.54, 1.807) is 20.8 Å². The molecule has 1 aromatic rings. The van der Waals surface area contributed by atoms with Crippen molar-refractivity contribution < 1.29 is 18.5 Å². The number of hydrogen-bond acceptors (Lipinski definition) is 4. The van der Waals surface area contributed by atoms with Crippen LogP contribution in [-0.2, 0) is 15.4 Å². The first-order chi connectivity index (χ1) is 7.55. The van der Waals surface area contributed by atoms with Crippen molar-refractivity contribution in [2.75, 3.05) is 0 Å². The van der Waals surface area contributed by atoms with Gasteiger partial charge in [-0.1, -0.05) is 32.9 Å². The van der Waals surface area contributed by atoms with Gasteiger partial charge in [0, 0.05) is 0 Å². The van der Waals surface area contributed by atoms with Crippen molar-refractivity contribution in [3.63, 3.8) is 0 Å². The lowest BCUT2D eigenvalue weighted by Crippen LogP contribution is -2.39. The molecule has 0 amide bonds. The van der Waals surface area contributed by atoms with Crippen LogP contribution in [0, 0.1) is 0 Å². The van der Waals surface area contributed by atoms with Crippen LogP contribution in [-0.4, -0.2) is 25.6 Å². The van der Waals surface area contributed by atoms with E-state index in [9.17, 15) is 18.5 Å². The minimum Gasteiger partial charge on any atom is -0.423 e. The van der Waals surface area contributed by atoms with Crippen LogP contribution in [0.5, 0.6) is 0 Å². The standard InChI is InChI=1S/C10H16BNO4S/c1-10(2,3)9-7(11(13)14)5-4-6-8(9)17(12,15)16/h4-6,13-14H,1-3H3,(H2,12,15,16). The lowest BCUT2D eigenvalue weighted by Gasteiger charge is -2.25. The number of hydrogen-bond donors (Lipinski definition) is 3. The first kappa shape index (κ1) is 14.2. The van der Waals surface area contributed by atoms with Crippen molar-refractivity contribution in [2.45, 2.75) is 31.1 Å². The topological polar surface area (TPSA) is 101 Å². The molecule has 1 aromatic carbocycles. The Kier molecular flexibility index (Phi) is 3.68. The highest BCUT2D eigenvalue weighted by atomic mass is 32.2. The Morgan fingerprint density at radius 2 is 1.76 bits per heavy atom. The van der Waals surface area contributed by atoms with Crippen LogP contribution in [0.2, 0.25) is 0 Å². The Hall–Kier alpha value is -0.885. The lowest BCUT2D eigenvalue weighted by molar-refractivity contribution is 0.423. The summed E-state index contributed by atoms with van der Waals surface area (Å²) in [5.41, 5.74) is -0.0799. The highest BCUT2D eigenvalue weighted by Gasteiger charge is 2.30. The first-order valence-electron chi connectivity index (χ1n) is 5.07. The molecule has 0 aliphatic heterocycles. The van der Waals surface area contributed by atoms with E-state index in [-0.39, 0.29) is 10.4 Å². The largest absolute Gasteiger partial charge is 0.488 e. The molecule has 0 radical (unpaired) electrons. The zero-order valence-electron chi connectivity index (χ0n) is 10.0. The summed E-state index contributed by atoms with van der Waals surface area (Å²) in [6.07, 6.45) is 0. The smallest absolute Gasteiger partial charge is 0.423 e. The number of sulfonamides is 1. The van der Waals surface area contributed by atoms with Crippen LogP contribution in [0.15, 0.2) is 23.1 Å². The Labute approximate surface area is 101 Å². The molecule has 0 saturated heterocycles. The van der Waals surface area contributed by atoms with Gasteiger partial charge in [0.25, 0.3) is 0 Å². The molecular weight excluding hydrogens is 241 g/mol. The van der Waals surface area contributed by atoms with Crippen LogP contribution in [0.4, 0.5) is 0 Å². The number of primary sulfonamides is 1. The zero-order valence-corrected chi connectivity index (χ0v) is 10.8. The van der Waals surface area contributed by atoms with Crippen LogP contribution < -0.4 is 10.6 Å². The molecule has 0 saturated carbocycles. The molecule has 0 heterocycles. The van der Waals surface area contributed by atoms with E-state index in [0.717, 1.165) is 0 Å². The van der Waals surface area contributed by atoms with Gasteiger partial charge >= 0.3 is 7.12 Å². The molecule has 17 heavy (non-hydrogen) atoms. The molecule has 0 aliphatic rings. The SMILES string of the molecule is CC(C)(C)c1c(B(O)O)cccc1S(N)(=O)=O. The Bertz CT molecular complexity index is 520. The summed E-state index contributed by atoms with van der Waals surface area (Å²) >= 11 is 0. The summed E-state index contributed by atoms with van der Waals surface area (Å²) in [5.74, 6) is 0. The van der Waals surface area contributed by atoms with Crippen molar-refractivity contribution in [3.05, 3.63) is 23.8 Å². The predicted octanol–water partition coefficient (Wildman–Crippen LogP) is -0.689. The minimum absolute atomic E-state index is 0.0735. The highest BCUT2D eigenvalue weighted by Crippen LogP contribution is 2.26. The fourth-order valence-corrected chi connectivity index (χ4v) is 2.78. The van der Waals surface area contributed by atoms with Gasteiger partial charge in [-0.15, -0.1) is 0 Å². The molecule has 0 aliphatic carbocycles. The Morgan fingerprint density at radius 1 is 1.24 bits per heavy atom. The normalized spacial score (nSPS) is 12.6. The van der Waals surface area contributed by atoms with Crippen LogP contribution in [0.25, 0.3) is 0 Å². The molecule has 94 valence electrons. The minimum atomic E-state index is -3.89. The summed E-state index contributed by atoms with van der Waals surface area (Å²) in [6, 6.07) is 4.27. The summed E-state index contributed by atoms with van der Waals surface area (Å²) in [7, 11) is -5.63. The van der Waals surface area contributed by atoms with Crippen molar-refractivity contribution >= 4 is 22.6 Å². The molecule has 0 unspecified atom stereocenters. The molecular formula is C10H16BNO4S. The van der Waals surface area contributed by atoms with Crippen LogP contribution in [0.1, 0.15) is 26.3 Å². The Balaban J connectivity index is 3.70. The van der Waals surface area contributed by atoms with E-state index in [1.807, 2.05) is 0 Å². The third-order valence-electron chi connectivity index (χ3n) is 2.39. The monoisotopic (exact) mass is 257 g/mol. The average molecular weight is 257 g/mol. The van der Waals surface area contributed by atoms with E-state index in [2.05, 4.69) is 0 Å². The van der Waals surface area contributed by atoms with Gasteiger partial charge in [-0.2, -0.15) is 0 Å². The molecule has 0 atom stereocenters. The van der Waals surface area contributed by atoms with Crippen LogP contribution >= 0.6 is 0 Å². The maximum atomic E-state index is 11.5. The summed E-state index contributed by atoms with van der Waals surface area (Å²) in [6.45, 7) is 5.34. The van der Waals surface area contributed by atoms with Gasteiger partial charge in [0.1, 0.15) is 0 Å². The van der Waals surface area contributed by atoms with Gasteiger partial charge in [-0.3, -0.25) is 0 Å². The van der Waals surface area contributed by atoms with E-state index >= 15 is 0 Å². The van der Waals surface area contributed by atoms with Gasteiger partial charge < -0.3 is 10.0 Å². The highest BCUT2D eigenvalue weighted by molar-refractivity contribution is 7.89. The fraction of sp³-hybridized carbons (Fsp3) is 0.400. The fourth-order valence-electron chi connectivity index (χ4n) is 1.80. The van der Waals surface area contributed by atoms with Gasteiger partial charge in [0.15, 0.2) is 0 Å². The number of nitrogens with two attached hydrogens (primary N) is 1.